The van der Waals surface area contributed by atoms with Crippen LogP contribution in [0.25, 0.3) is 0 Å². The summed E-state index contributed by atoms with van der Waals surface area (Å²) in [5, 5.41) is 0.639. The molecule has 1 atom stereocenters. The number of ether oxygens (including phenoxy) is 1. The Morgan fingerprint density at radius 2 is 1.79 bits per heavy atom. The molecule has 1 aliphatic rings. The number of anilines is 1. The summed E-state index contributed by atoms with van der Waals surface area (Å²) >= 11 is 5.98. The Balaban J connectivity index is 1.61. The van der Waals surface area contributed by atoms with Crippen LogP contribution < -0.4 is 17.0 Å². The Kier molecular flexibility index (Phi) is 7.31. The van der Waals surface area contributed by atoms with E-state index in [-0.39, 0.29) is 37.1 Å². The predicted molar refractivity (Wildman–Crippen MR) is 132 cm³/mol. The Labute approximate surface area is 202 Å². The van der Waals surface area contributed by atoms with Gasteiger partial charge in [0.05, 0.1) is 25.8 Å². The number of nitrogen functional groups attached to an aromatic ring is 1. The van der Waals surface area contributed by atoms with Gasteiger partial charge in [-0.3, -0.25) is 23.6 Å². The number of carbonyl (C=O) groups is 1. The third-order valence-electron chi connectivity index (χ3n) is 6.01. The van der Waals surface area contributed by atoms with Crippen molar-refractivity contribution in [3.05, 3.63) is 97.1 Å². The molecule has 2 N–H and O–H groups in total. The average molecular weight is 483 g/mol. The highest BCUT2D eigenvalue weighted by molar-refractivity contribution is 6.30. The van der Waals surface area contributed by atoms with Crippen molar-refractivity contribution in [2.75, 3.05) is 32.0 Å². The number of hydrogen-bond acceptors (Lipinski definition) is 6. The molecule has 1 saturated heterocycles. The Morgan fingerprint density at radius 3 is 2.47 bits per heavy atom. The maximum Gasteiger partial charge on any atom is 0.332 e. The van der Waals surface area contributed by atoms with E-state index in [4.69, 9.17) is 22.1 Å². The van der Waals surface area contributed by atoms with Crippen LogP contribution in [0.2, 0.25) is 5.02 Å². The lowest BCUT2D eigenvalue weighted by molar-refractivity contribution is -0.0275. The number of ketones is 1. The fourth-order valence-electron chi connectivity index (χ4n) is 4.18. The van der Waals surface area contributed by atoms with E-state index in [1.54, 1.807) is 19.1 Å². The highest BCUT2D eigenvalue weighted by atomic mass is 35.5. The first-order valence-corrected chi connectivity index (χ1v) is 11.6. The maximum atomic E-state index is 13.3. The number of halogens is 1. The predicted octanol–water partition coefficient (Wildman–Crippen LogP) is 2.57. The van der Waals surface area contributed by atoms with Crippen LogP contribution in [-0.2, 0) is 17.8 Å². The summed E-state index contributed by atoms with van der Waals surface area (Å²) < 4.78 is 8.23. The molecule has 2 aromatic carbocycles. The lowest BCUT2D eigenvalue weighted by Gasteiger charge is -2.32. The van der Waals surface area contributed by atoms with Crippen LogP contribution in [0, 0.1) is 0 Å². The fraction of sp³-hybridized carbons (Fsp3) is 0.320. The van der Waals surface area contributed by atoms with Crippen molar-refractivity contribution in [1.82, 2.24) is 14.0 Å². The standard InChI is InChI=1S/C25H27ClN4O4/c1-2-29-24(32)22(23(27)30(25(29)33)14-17-6-4-3-5-7-17)20(31)15-28-12-13-34-21(16-28)18-8-10-19(26)11-9-18/h3-11,21H,2,12-16,27H2,1H3. The normalized spacial score (nSPS) is 16.5. The minimum absolute atomic E-state index is 0.000144. The molecule has 0 amide bonds. The highest BCUT2D eigenvalue weighted by Gasteiger charge is 2.27. The summed E-state index contributed by atoms with van der Waals surface area (Å²) in [6.07, 6.45) is -0.213. The van der Waals surface area contributed by atoms with Crippen molar-refractivity contribution in [3.63, 3.8) is 0 Å². The van der Waals surface area contributed by atoms with Crippen molar-refractivity contribution in [2.45, 2.75) is 26.1 Å². The minimum atomic E-state index is -0.651. The molecule has 0 saturated carbocycles. The summed E-state index contributed by atoms with van der Waals surface area (Å²) in [5.41, 5.74) is 6.75. The van der Waals surface area contributed by atoms with Crippen LogP contribution in [-0.4, -0.2) is 46.1 Å². The summed E-state index contributed by atoms with van der Waals surface area (Å²) in [5.74, 6) is -0.515. The van der Waals surface area contributed by atoms with Gasteiger partial charge in [0.25, 0.3) is 5.56 Å². The maximum absolute atomic E-state index is 13.3. The van der Waals surface area contributed by atoms with Crippen LogP contribution in [0.4, 0.5) is 5.82 Å². The quantitative estimate of drug-likeness (QED) is 0.519. The Morgan fingerprint density at radius 1 is 1.09 bits per heavy atom. The molecule has 0 bridgehead atoms. The molecule has 1 fully saturated rings. The minimum Gasteiger partial charge on any atom is -0.384 e. The molecule has 9 heteroatoms. The van der Waals surface area contributed by atoms with Crippen molar-refractivity contribution >= 4 is 23.2 Å². The van der Waals surface area contributed by atoms with Gasteiger partial charge in [0.2, 0.25) is 0 Å². The zero-order valence-electron chi connectivity index (χ0n) is 18.9. The number of aromatic nitrogens is 2. The number of morpholine rings is 1. The van der Waals surface area contributed by atoms with Crippen LogP contribution in [0.5, 0.6) is 0 Å². The third kappa shape index (κ3) is 4.99. The molecule has 4 rings (SSSR count). The van der Waals surface area contributed by atoms with Crippen LogP contribution in [0.15, 0.2) is 64.2 Å². The number of nitrogens with two attached hydrogens (primary N) is 1. The van der Waals surface area contributed by atoms with Gasteiger partial charge in [0.15, 0.2) is 5.78 Å². The molecule has 8 nitrogen and oxygen atoms in total. The van der Waals surface area contributed by atoms with E-state index in [1.807, 2.05) is 47.4 Å². The molecule has 3 aromatic rings. The molecule has 0 aliphatic carbocycles. The van der Waals surface area contributed by atoms with Crippen molar-refractivity contribution < 1.29 is 9.53 Å². The number of benzene rings is 2. The van der Waals surface area contributed by atoms with E-state index in [0.717, 1.165) is 15.7 Å². The topological polar surface area (TPSA) is 99.6 Å². The first-order chi connectivity index (χ1) is 16.4. The summed E-state index contributed by atoms with van der Waals surface area (Å²) in [7, 11) is 0. The van der Waals surface area contributed by atoms with E-state index in [0.29, 0.717) is 24.7 Å². The molecule has 1 aromatic heterocycles. The zero-order chi connectivity index (χ0) is 24.2. The lowest BCUT2D eigenvalue weighted by atomic mass is 10.1. The molecular formula is C25H27ClN4O4. The van der Waals surface area contributed by atoms with Gasteiger partial charge in [-0.1, -0.05) is 54.1 Å². The molecule has 0 spiro atoms. The first kappa shape index (κ1) is 23.9. The van der Waals surface area contributed by atoms with Crippen molar-refractivity contribution in [2.24, 2.45) is 0 Å². The molecule has 0 radical (unpaired) electrons. The number of nitrogens with zero attached hydrogens (tertiary/aromatic N) is 3. The zero-order valence-corrected chi connectivity index (χ0v) is 19.7. The smallest absolute Gasteiger partial charge is 0.332 e. The molecular weight excluding hydrogens is 456 g/mol. The molecule has 34 heavy (non-hydrogen) atoms. The first-order valence-electron chi connectivity index (χ1n) is 11.2. The number of Topliss-reactive ketones (excluding diaryl/α,β-unsaturated/α-hetero) is 1. The molecule has 2 heterocycles. The van der Waals surface area contributed by atoms with Crippen LogP contribution in [0.1, 0.15) is 34.5 Å². The van der Waals surface area contributed by atoms with Crippen LogP contribution in [0.3, 0.4) is 0 Å². The van der Waals surface area contributed by atoms with Crippen molar-refractivity contribution in [3.8, 4) is 0 Å². The van der Waals surface area contributed by atoms with Gasteiger partial charge in [0, 0.05) is 24.7 Å². The van der Waals surface area contributed by atoms with Gasteiger partial charge in [-0.15, -0.1) is 0 Å². The molecule has 178 valence electrons. The average Bonchev–Trinajstić information content (AvgIpc) is 2.83. The number of hydrogen-bond donors (Lipinski definition) is 1. The highest BCUT2D eigenvalue weighted by Crippen LogP contribution is 2.24. The second kappa shape index (κ2) is 10.4. The van der Waals surface area contributed by atoms with E-state index >= 15 is 0 Å². The second-order valence-corrected chi connectivity index (χ2v) is 8.67. The largest absolute Gasteiger partial charge is 0.384 e. The van der Waals surface area contributed by atoms with Crippen LogP contribution >= 0.6 is 11.6 Å². The fourth-order valence-corrected chi connectivity index (χ4v) is 4.31. The van der Waals surface area contributed by atoms with E-state index in [1.165, 1.54) is 4.57 Å². The van der Waals surface area contributed by atoms with E-state index in [9.17, 15) is 14.4 Å². The van der Waals surface area contributed by atoms with Gasteiger partial charge in [-0.25, -0.2) is 4.79 Å². The summed E-state index contributed by atoms with van der Waals surface area (Å²) in [6.45, 7) is 3.48. The summed E-state index contributed by atoms with van der Waals surface area (Å²) in [6, 6.07) is 16.7. The Bertz CT molecular complexity index is 1290. The lowest BCUT2D eigenvalue weighted by Crippen LogP contribution is -2.46. The van der Waals surface area contributed by atoms with E-state index < -0.39 is 17.0 Å². The second-order valence-electron chi connectivity index (χ2n) is 8.23. The van der Waals surface area contributed by atoms with Crippen molar-refractivity contribution in [1.29, 1.82) is 0 Å². The van der Waals surface area contributed by atoms with E-state index in [2.05, 4.69) is 0 Å². The molecule has 1 aliphatic heterocycles. The number of carbonyl (C=O) groups excluding carboxylic acids is 1. The third-order valence-corrected chi connectivity index (χ3v) is 6.26. The van der Waals surface area contributed by atoms with Gasteiger partial charge < -0.3 is 10.5 Å². The molecule has 1 unspecified atom stereocenters. The van der Waals surface area contributed by atoms with Gasteiger partial charge >= 0.3 is 5.69 Å². The Hall–Kier alpha value is -3.20. The monoisotopic (exact) mass is 482 g/mol. The van der Waals surface area contributed by atoms with Gasteiger partial charge in [-0.2, -0.15) is 0 Å². The van der Waals surface area contributed by atoms with Gasteiger partial charge in [0.1, 0.15) is 11.4 Å². The SMILES string of the molecule is CCn1c(=O)c(C(=O)CN2CCOC(c3ccc(Cl)cc3)C2)c(N)n(Cc2ccccc2)c1=O. The van der Waals surface area contributed by atoms with Gasteiger partial charge in [-0.05, 0) is 30.2 Å². The number of rotatable bonds is 7. The summed E-state index contributed by atoms with van der Waals surface area (Å²) in [4.78, 5) is 41.2.